The van der Waals surface area contributed by atoms with E-state index in [1.165, 1.54) is 29.0 Å². The lowest BCUT2D eigenvalue weighted by Gasteiger charge is -2.18. The summed E-state index contributed by atoms with van der Waals surface area (Å²) in [5.41, 5.74) is -0.0468. The second kappa shape index (κ2) is 9.97. The number of carboxylic acid groups (broad SMARTS) is 1. The highest BCUT2D eigenvalue weighted by molar-refractivity contribution is 6.31. The number of hydrogen-bond donors (Lipinski definition) is 4. The third-order valence-electron chi connectivity index (χ3n) is 4.64. The quantitative estimate of drug-likeness (QED) is 0.429. The summed E-state index contributed by atoms with van der Waals surface area (Å²) >= 11 is 6.13. The van der Waals surface area contributed by atoms with E-state index < -0.39 is 41.6 Å². The topological polar surface area (TPSA) is 121 Å². The minimum atomic E-state index is -1.19. The Morgan fingerprint density at radius 2 is 1.78 bits per heavy atom. The van der Waals surface area contributed by atoms with Crippen LogP contribution in [0.25, 0.3) is 0 Å². The Kier molecular flexibility index (Phi) is 7.11. The monoisotopic (exact) mass is 459 g/mol. The van der Waals surface area contributed by atoms with Gasteiger partial charge in [0.25, 0.3) is 5.56 Å². The van der Waals surface area contributed by atoms with Gasteiger partial charge in [0.15, 0.2) is 5.69 Å². The van der Waals surface area contributed by atoms with E-state index in [2.05, 4.69) is 10.6 Å². The van der Waals surface area contributed by atoms with E-state index >= 15 is 0 Å². The maximum atomic E-state index is 13.2. The maximum absolute atomic E-state index is 13.2. The van der Waals surface area contributed by atoms with Crippen molar-refractivity contribution < 1.29 is 24.2 Å². The third kappa shape index (κ3) is 5.64. The Morgan fingerprint density at radius 1 is 1.09 bits per heavy atom. The lowest BCUT2D eigenvalue weighted by molar-refractivity contribution is -0.137. The third-order valence-corrected chi connectivity index (χ3v) is 5.01. The molecule has 10 heteroatoms. The van der Waals surface area contributed by atoms with Gasteiger partial charge in [-0.15, -0.1) is 0 Å². The summed E-state index contributed by atoms with van der Waals surface area (Å²) in [7, 11) is 0. The van der Waals surface area contributed by atoms with Crippen molar-refractivity contribution in [3.05, 3.63) is 93.1 Å². The number of carbonyl (C=O) groups is 2. The van der Waals surface area contributed by atoms with Crippen molar-refractivity contribution in [3.63, 3.8) is 0 Å². The fourth-order valence-corrected chi connectivity index (χ4v) is 3.24. The Balaban J connectivity index is 1.81. The highest BCUT2D eigenvalue weighted by Crippen LogP contribution is 2.21. The summed E-state index contributed by atoms with van der Waals surface area (Å²) in [5.74, 6) is -2.16. The molecule has 0 saturated carbocycles. The molecule has 0 bridgehead atoms. The minimum absolute atomic E-state index is 0.103. The van der Waals surface area contributed by atoms with E-state index in [1.807, 2.05) is 0 Å². The molecule has 1 atom stereocenters. The fourth-order valence-electron chi connectivity index (χ4n) is 3.05. The summed E-state index contributed by atoms with van der Waals surface area (Å²) in [6.45, 7) is 0.103. The van der Waals surface area contributed by atoms with Crippen LogP contribution >= 0.6 is 11.6 Å². The highest BCUT2D eigenvalue weighted by Gasteiger charge is 2.20. The van der Waals surface area contributed by atoms with Crippen LogP contribution in [0.3, 0.4) is 0 Å². The number of benzene rings is 2. The molecule has 32 heavy (non-hydrogen) atoms. The number of carboxylic acids is 1. The van der Waals surface area contributed by atoms with Gasteiger partial charge in [0.1, 0.15) is 11.6 Å². The Hall–Kier alpha value is -3.85. The lowest BCUT2D eigenvalue weighted by Crippen LogP contribution is -2.36. The van der Waals surface area contributed by atoms with Crippen LogP contribution in [-0.4, -0.2) is 26.8 Å². The molecular formula is C22H19ClFN3O5. The number of carbonyl (C=O) groups excluding carboxylic acids is 1. The molecule has 8 nitrogen and oxygen atoms in total. The van der Waals surface area contributed by atoms with Crippen LogP contribution in [0.5, 0.6) is 5.75 Å². The number of nitrogens with one attached hydrogen (secondary N) is 2. The number of aromatic nitrogens is 1. The summed E-state index contributed by atoms with van der Waals surface area (Å²) in [4.78, 5) is 36.5. The number of amides is 2. The number of aromatic hydroxyl groups is 1. The molecule has 1 heterocycles. The van der Waals surface area contributed by atoms with Crippen LogP contribution in [-0.2, 0) is 11.3 Å². The highest BCUT2D eigenvalue weighted by atomic mass is 35.5. The Morgan fingerprint density at radius 3 is 2.44 bits per heavy atom. The van der Waals surface area contributed by atoms with Crippen LogP contribution in [0.2, 0.25) is 5.02 Å². The molecule has 1 aromatic heterocycles. The number of aliphatic carboxylic acids is 1. The molecule has 0 unspecified atom stereocenters. The molecule has 0 spiro atoms. The van der Waals surface area contributed by atoms with E-state index in [9.17, 15) is 23.9 Å². The van der Waals surface area contributed by atoms with Gasteiger partial charge >= 0.3 is 12.0 Å². The SMILES string of the molecule is O=C(O)C[C@H](NC(=O)Nc1c(O)ccn(Cc2ccccc2Cl)c1=O)c1ccc(F)cc1. The van der Waals surface area contributed by atoms with Crippen LogP contribution < -0.4 is 16.2 Å². The summed E-state index contributed by atoms with van der Waals surface area (Å²) in [6, 6.07) is 11.2. The van der Waals surface area contributed by atoms with Crippen LogP contribution in [0.4, 0.5) is 14.9 Å². The zero-order valence-corrected chi connectivity index (χ0v) is 17.3. The average Bonchev–Trinajstić information content (AvgIpc) is 2.74. The molecule has 0 radical (unpaired) electrons. The molecule has 3 aromatic rings. The molecule has 3 rings (SSSR count). The molecule has 0 aliphatic rings. The van der Waals surface area contributed by atoms with Crippen molar-refractivity contribution in [2.75, 3.05) is 5.32 Å². The second-order valence-corrected chi connectivity index (χ2v) is 7.31. The predicted octanol–water partition coefficient (Wildman–Crippen LogP) is 3.73. The molecule has 166 valence electrons. The number of rotatable bonds is 7. The van der Waals surface area contributed by atoms with Crippen LogP contribution in [0.1, 0.15) is 23.6 Å². The van der Waals surface area contributed by atoms with E-state index in [0.717, 1.165) is 12.1 Å². The van der Waals surface area contributed by atoms with Crippen molar-refractivity contribution in [3.8, 4) is 5.75 Å². The summed E-state index contributed by atoms with van der Waals surface area (Å²) in [6.07, 6.45) is 0.881. The molecule has 4 N–H and O–H groups in total. The summed E-state index contributed by atoms with van der Waals surface area (Å²) in [5, 5.41) is 24.4. The molecule has 0 saturated heterocycles. The standard InChI is InChI=1S/C22H19ClFN3O5/c23-16-4-2-1-3-14(16)12-27-10-9-18(28)20(21(27)31)26-22(32)25-17(11-19(29)30)13-5-7-15(24)8-6-13/h1-10,17,28H,11-12H2,(H,29,30)(H2,25,26,32)/t17-/m0/s1. The minimum Gasteiger partial charge on any atom is -0.505 e. The first-order valence-electron chi connectivity index (χ1n) is 9.45. The number of urea groups is 1. The van der Waals surface area contributed by atoms with Crippen molar-refractivity contribution in [1.82, 2.24) is 9.88 Å². The first-order valence-corrected chi connectivity index (χ1v) is 9.83. The van der Waals surface area contributed by atoms with Gasteiger partial charge in [-0.2, -0.15) is 0 Å². The molecule has 0 aliphatic carbocycles. The Bertz CT molecular complexity index is 1200. The van der Waals surface area contributed by atoms with Gasteiger partial charge in [-0.3, -0.25) is 9.59 Å². The summed E-state index contributed by atoms with van der Waals surface area (Å²) < 4.78 is 14.4. The zero-order chi connectivity index (χ0) is 23.3. The van der Waals surface area contributed by atoms with E-state index in [4.69, 9.17) is 16.7 Å². The Labute approximate surface area is 186 Å². The number of anilines is 1. The van der Waals surface area contributed by atoms with Gasteiger partial charge in [0.05, 0.1) is 19.0 Å². The first-order chi connectivity index (χ1) is 15.2. The van der Waals surface area contributed by atoms with Gasteiger partial charge in [-0.1, -0.05) is 41.9 Å². The maximum Gasteiger partial charge on any atom is 0.319 e. The van der Waals surface area contributed by atoms with Crippen LogP contribution in [0, 0.1) is 5.82 Å². The van der Waals surface area contributed by atoms with Crippen molar-refractivity contribution in [2.45, 2.75) is 19.0 Å². The smallest absolute Gasteiger partial charge is 0.319 e. The van der Waals surface area contributed by atoms with Gasteiger partial charge in [-0.05, 0) is 35.4 Å². The molecule has 2 amide bonds. The largest absolute Gasteiger partial charge is 0.505 e. The number of halogens is 2. The molecule has 0 aliphatic heterocycles. The predicted molar refractivity (Wildman–Crippen MR) is 116 cm³/mol. The van der Waals surface area contributed by atoms with Crippen molar-refractivity contribution in [1.29, 1.82) is 0 Å². The first kappa shape index (κ1) is 22.8. The van der Waals surface area contributed by atoms with E-state index in [-0.39, 0.29) is 12.2 Å². The van der Waals surface area contributed by atoms with E-state index in [0.29, 0.717) is 16.1 Å². The number of pyridine rings is 1. The van der Waals surface area contributed by atoms with Gasteiger partial charge in [0.2, 0.25) is 0 Å². The molecule has 0 fully saturated rings. The molecule has 2 aromatic carbocycles. The van der Waals surface area contributed by atoms with Crippen molar-refractivity contribution >= 4 is 29.3 Å². The normalized spacial score (nSPS) is 11.6. The number of hydrogen-bond acceptors (Lipinski definition) is 4. The second-order valence-electron chi connectivity index (χ2n) is 6.90. The number of nitrogens with zero attached hydrogens (tertiary/aromatic N) is 1. The zero-order valence-electron chi connectivity index (χ0n) is 16.6. The lowest BCUT2D eigenvalue weighted by atomic mass is 10.0. The average molecular weight is 460 g/mol. The van der Waals surface area contributed by atoms with Crippen LogP contribution in [0.15, 0.2) is 65.6 Å². The molecular weight excluding hydrogens is 441 g/mol. The fraction of sp³-hybridized carbons (Fsp3) is 0.136. The van der Waals surface area contributed by atoms with Gasteiger partial charge < -0.3 is 25.4 Å². The van der Waals surface area contributed by atoms with Gasteiger partial charge in [0, 0.05) is 11.2 Å². The van der Waals surface area contributed by atoms with Crippen molar-refractivity contribution in [2.24, 2.45) is 0 Å². The van der Waals surface area contributed by atoms with Gasteiger partial charge in [-0.25, -0.2) is 9.18 Å². The van der Waals surface area contributed by atoms with E-state index in [1.54, 1.807) is 24.3 Å².